The zero-order valence-electron chi connectivity index (χ0n) is 20.0. The second kappa shape index (κ2) is 25.7. The molecule has 0 rings (SSSR count). The van der Waals surface area contributed by atoms with Crippen molar-refractivity contribution in [3.05, 3.63) is 0 Å². The minimum atomic E-state index is -0.567. The number of unbranched alkanes of at least 4 members (excludes halogenated alkanes) is 6. The Bertz CT molecular complexity index is 564. The minimum absolute atomic E-state index is 0. The van der Waals surface area contributed by atoms with Crippen molar-refractivity contribution in [2.24, 2.45) is 0 Å². The largest absolute Gasteiger partial charge is 0.453 e. The van der Waals surface area contributed by atoms with Crippen LogP contribution in [0.5, 0.6) is 0 Å². The summed E-state index contributed by atoms with van der Waals surface area (Å²) in [6.45, 7) is 3.69. The fraction of sp³-hybridized carbons (Fsp3) is 0.826. The van der Waals surface area contributed by atoms with Crippen molar-refractivity contribution in [1.29, 1.82) is 0 Å². The molecule has 1 unspecified atom stereocenters. The molecule has 0 saturated carbocycles. The van der Waals surface area contributed by atoms with E-state index in [0.29, 0.717) is 26.2 Å². The fourth-order valence-corrected chi connectivity index (χ4v) is 2.62. The summed E-state index contributed by atoms with van der Waals surface area (Å²) in [5.74, 6) is 0. The molecule has 12 heteroatoms. The first kappa shape index (κ1) is 36.6. The maximum absolute atomic E-state index is 11.7. The Morgan fingerprint density at radius 3 is 1.29 bits per heavy atom. The van der Waals surface area contributed by atoms with E-state index in [1.807, 2.05) is 0 Å². The van der Waals surface area contributed by atoms with Crippen molar-refractivity contribution in [3.8, 4) is 0 Å². The summed E-state index contributed by atoms with van der Waals surface area (Å²) in [5, 5.41) is 10.5. The Labute approximate surface area is 210 Å². The Balaban J connectivity index is -0.00000512. The molecule has 1 atom stereocenters. The Morgan fingerprint density at radius 1 is 0.571 bits per heavy atom. The quantitative estimate of drug-likeness (QED) is 0.170. The van der Waals surface area contributed by atoms with Gasteiger partial charge in [-0.05, 0) is 32.6 Å². The van der Waals surface area contributed by atoms with E-state index in [1.54, 1.807) is 6.92 Å². The number of hydrogen-bond donors (Lipinski definition) is 4. The highest BCUT2D eigenvalue weighted by molar-refractivity contribution is 5.68. The summed E-state index contributed by atoms with van der Waals surface area (Å²) >= 11 is 0. The van der Waals surface area contributed by atoms with Crippen LogP contribution in [0, 0.1) is 0 Å². The summed E-state index contributed by atoms with van der Waals surface area (Å²) < 4.78 is 19.1. The summed E-state index contributed by atoms with van der Waals surface area (Å²) in [4.78, 5) is 45.2. The molecule has 0 heterocycles. The first-order valence-electron chi connectivity index (χ1n) is 11.4. The lowest BCUT2D eigenvalue weighted by Gasteiger charge is -2.14. The molecule has 0 aromatic heterocycles. The van der Waals surface area contributed by atoms with Gasteiger partial charge in [0.2, 0.25) is 0 Å². The normalized spacial score (nSPS) is 10.4. The molecule has 12 nitrogen and oxygen atoms in total. The van der Waals surface area contributed by atoms with E-state index in [0.717, 1.165) is 51.4 Å². The van der Waals surface area contributed by atoms with Crippen molar-refractivity contribution in [1.82, 2.24) is 21.3 Å². The van der Waals surface area contributed by atoms with Crippen LogP contribution in [0.2, 0.25) is 0 Å². The van der Waals surface area contributed by atoms with E-state index in [1.165, 1.54) is 14.2 Å². The zero-order chi connectivity index (χ0) is 24.7. The highest BCUT2D eigenvalue weighted by atomic mass is 16.6. The molecular formula is C23H48N4O8. The number of ether oxygens (including phenoxy) is 4. The lowest BCUT2D eigenvalue weighted by atomic mass is 10.2. The summed E-state index contributed by atoms with van der Waals surface area (Å²) in [7, 11) is 2.64. The average molecular weight is 509 g/mol. The maximum atomic E-state index is 11.7. The summed E-state index contributed by atoms with van der Waals surface area (Å²) in [6.07, 6.45) is 4.38. The molecule has 35 heavy (non-hydrogen) atoms. The molecule has 0 aliphatic rings. The van der Waals surface area contributed by atoms with Gasteiger partial charge in [0.15, 0.2) is 0 Å². The van der Waals surface area contributed by atoms with Gasteiger partial charge in [0.05, 0.1) is 14.2 Å². The van der Waals surface area contributed by atoms with E-state index < -0.39 is 30.5 Å². The predicted molar refractivity (Wildman–Crippen MR) is 135 cm³/mol. The molecule has 0 spiro atoms. The standard InChI is InChI=1S/C21H40N4O8.2CH4/c1-17(33-21(29)25-15-11-7-5-9-13-23-19(27)31-3)16-32-20(28)24-14-10-6-4-8-12-22-18(26)30-2;;/h17H,4-16H2,1-3H3,(H,22,26)(H,23,27)(H,24,28)(H,25,29);2*1H4. The van der Waals surface area contributed by atoms with Crippen LogP contribution >= 0.6 is 0 Å². The van der Waals surface area contributed by atoms with Crippen molar-refractivity contribution in [3.63, 3.8) is 0 Å². The third-order valence-electron chi connectivity index (χ3n) is 4.41. The maximum Gasteiger partial charge on any atom is 0.407 e. The Morgan fingerprint density at radius 2 is 0.914 bits per heavy atom. The number of carbonyl (C=O) groups excluding carboxylic acids is 4. The Kier molecular flexibility index (Phi) is 26.9. The number of alkyl carbamates (subject to hydrolysis) is 4. The van der Waals surface area contributed by atoms with Crippen LogP contribution in [-0.2, 0) is 18.9 Å². The van der Waals surface area contributed by atoms with Gasteiger partial charge in [0.25, 0.3) is 0 Å². The van der Waals surface area contributed by atoms with Gasteiger partial charge in [-0.15, -0.1) is 0 Å². The fourth-order valence-electron chi connectivity index (χ4n) is 2.62. The minimum Gasteiger partial charge on any atom is -0.453 e. The SMILES string of the molecule is C.C.COC(=O)NCCCCCCNC(=O)OCC(C)OC(=O)NCCCCCCNC(=O)OC. The van der Waals surface area contributed by atoms with Gasteiger partial charge in [0.1, 0.15) is 12.7 Å². The van der Waals surface area contributed by atoms with E-state index >= 15 is 0 Å². The third-order valence-corrected chi connectivity index (χ3v) is 4.41. The van der Waals surface area contributed by atoms with Crippen LogP contribution in [0.1, 0.15) is 73.1 Å². The van der Waals surface area contributed by atoms with Crippen LogP contribution in [-0.4, -0.2) is 77.5 Å². The monoisotopic (exact) mass is 508 g/mol. The third kappa shape index (κ3) is 25.5. The number of rotatable bonds is 17. The van der Waals surface area contributed by atoms with Crippen LogP contribution in [0.15, 0.2) is 0 Å². The van der Waals surface area contributed by atoms with Gasteiger partial charge in [0, 0.05) is 26.2 Å². The molecule has 0 fully saturated rings. The highest BCUT2D eigenvalue weighted by Crippen LogP contribution is 2.00. The molecule has 0 saturated heterocycles. The molecule has 4 amide bonds. The molecule has 208 valence electrons. The molecule has 0 aromatic rings. The van der Waals surface area contributed by atoms with Gasteiger partial charge >= 0.3 is 24.4 Å². The Hall–Kier alpha value is -2.92. The number of nitrogens with one attached hydrogen (secondary N) is 4. The van der Waals surface area contributed by atoms with Crippen molar-refractivity contribution < 1.29 is 38.1 Å². The zero-order valence-corrected chi connectivity index (χ0v) is 20.0. The van der Waals surface area contributed by atoms with Crippen molar-refractivity contribution in [2.75, 3.05) is 47.0 Å². The van der Waals surface area contributed by atoms with Gasteiger partial charge < -0.3 is 40.2 Å². The van der Waals surface area contributed by atoms with Crippen molar-refractivity contribution in [2.45, 2.75) is 79.2 Å². The van der Waals surface area contributed by atoms with E-state index in [4.69, 9.17) is 9.47 Å². The predicted octanol–water partition coefficient (Wildman–Crippen LogP) is 3.93. The van der Waals surface area contributed by atoms with Crippen LogP contribution in [0.25, 0.3) is 0 Å². The number of hydrogen-bond acceptors (Lipinski definition) is 8. The molecule has 0 aliphatic carbocycles. The second-order valence-electron chi connectivity index (χ2n) is 7.33. The van der Waals surface area contributed by atoms with Crippen LogP contribution in [0.4, 0.5) is 19.2 Å². The van der Waals surface area contributed by atoms with Gasteiger partial charge in [-0.3, -0.25) is 0 Å². The summed E-state index contributed by atoms with van der Waals surface area (Å²) in [5.41, 5.74) is 0. The van der Waals surface area contributed by atoms with Gasteiger partial charge in [-0.1, -0.05) is 40.5 Å². The van der Waals surface area contributed by atoms with Crippen LogP contribution < -0.4 is 21.3 Å². The first-order chi connectivity index (χ1) is 15.9. The van der Waals surface area contributed by atoms with Gasteiger partial charge in [-0.2, -0.15) is 0 Å². The number of amides is 4. The second-order valence-corrected chi connectivity index (χ2v) is 7.33. The molecule has 0 aromatic carbocycles. The molecule has 0 aliphatic heterocycles. The van der Waals surface area contributed by atoms with Gasteiger partial charge in [-0.25, -0.2) is 19.2 Å². The lowest BCUT2D eigenvalue weighted by Crippen LogP contribution is -2.33. The molecular weight excluding hydrogens is 460 g/mol. The summed E-state index contributed by atoms with van der Waals surface area (Å²) in [6, 6.07) is 0. The number of carbonyl (C=O) groups is 4. The van der Waals surface area contributed by atoms with E-state index in [9.17, 15) is 19.2 Å². The van der Waals surface area contributed by atoms with Crippen molar-refractivity contribution >= 4 is 24.4 Å². The molecule has 4 N–H and O–H groups in total. The number of methoxy groups -OCH3 is 2. The first-order valence-corrected chi connectivity index (χ1v) is 11.4. The molecule has 0 bridgehead atoms. The lowest BCUT2D eigenvalue weighted by molar-refractivity contribution is 0.0531. The topological polar surface area (TPSA) is 153 Å². The smallest absolute Gasteiger partial charge is 0.407 e. The van der Waals surface area contributed by atoms with E-state index in [-0.39, 0.29) is 21.5 Å². The van der Waals surface area contributed by atoms with E-state index in [2.05, 4.69) is 30.7 Å². The van der Waals surface area contributed by atoms with Crippen LogP contribution in [0.3, 0.4) is 0 Å². The highest BCUT2D eigenvalue weighted by Gasteiger charge is 2.11. The molecule has 0 radical (unpaired) electrons. The average Bonchev–Trinajstić information content (AvgIpc) is 2.80.